The van der Waals surface area contributed by atoms with Gasteiger partial charge < -0.3 is 15.0 Å². The molecule has 2 aromatic carbocycles. The molecule has 1 saturated heterocycles. The average molecular weight is 613 g/mol. The number of fused-ring (bicyclic) bond motifs is 2. The predicted molar refractivity (Wildman–Crippen MR) is 163 cm³/mol. The molecule has 1 unspecified atom stereocenters. The van der Waals surface area contributed by atoms with E-state index < -0.39 is 29.7 Å². The molecule has 45 heavy (non-hydrogen) atoms. The van der Waals surface area contributed by atoms with E-state index in [-0.39, 0.29) is 54.3 Å². The predicted octanol–water partition coefficient (Wildman–Crippen LogP) is 2.35. The fourth-order valence-electron chi connectivity index (χ4n) is 5.58. The lowest BCUT2D eigenvalue weighted by atomic mass is 9.90. The topological polar surface area (TPSA) is 142 Å². The number of hydrogen-bond acceptors (Lipinski definition) is 7. The largest absolute Gasteiger partial charge is 0.484 e. The maximum absolute atomic E-state index is 13.0. The second kappa shape index (κ2) is 12.9. The van der Waals surface area contributed by atoms with Crippen LogP contribution in [0.2, 0.25) is 0 Å². The van der Waals surface area contributed by atoms with E-state index in [1.54, 1.807) is 6.07 Å². The van der Waals surface area contributed by atoms with Crippen molar-refractivity contribution < 1.29 is 33.5 Å². The van der Waals surface area contributed by atoms with E-state index in [1.807, 2.05) is 23.1 Å². The van der Waals surface area contributed by atoms with Crippen molar-refractivity contribution in [1.29, 1.82) is 0 Å². The van der Waals surface area contributed by atoms with Gasteiger partial charge in [-0.3, -0.25) is 39.0 Å². The van der Waals surface area contributed by atoms with Crippen molar-refractivity contribution in [2.75, 3.05) is 19.7 Å². The molecule has 3 aliphatic heterocycles. The Bertz CT molecular complexity index is 1650. The van der Waals surface area contributed by atoms with Gasteiger partial charge >= 0.3 is 0 Å². The smallest absolute Gasteiger partial charge is 0.262 e. The van der Waals surface area contributed by atoms with E-state index in [0.29, 0.717) is 37.2 Å². The fourth-order valence-corrected chi connectivity index (χ4v) is 5.58. The van der Waals surface area contributed by atoms with Gasteiger partial charge in [-0.05, 0) is 59.7 Å². The van der Waals surface area contributed by atoms with Crippen LogP contribution < -0.4 is 15.4 Å². The molecule has 0 aromatic heterocycles. The van der Waals surface area contributed by atoms with Crippen LogP contribution in [-0.4, -0.2) is 71.0 Å². The number of nitrogens with one attached hydrogen (secondary N) is 2. The van der Waals surface area contributed by atoms with Crippen molar-refractivity contribution in [2.24, 2.45) is 5.41 Å². The molecule has 0 radical (unpaired) electrons. The molecule has 3 aliphatic rings. The highest BCUT2D eigenvalue weighted by molar-refractivity contribution is 6.23. The Kier molecular flexibility index (Phi) is 9.04. The number of benzene rings is 2. The molecular weight excluding hydrogens is 576 g/mol. The van der Waals surface area contributed by atoms with Gasteiger partial charge in [0.05, 0.1) is 11.1 Å². The second-order valence-corrected chi connectivity index (χ2v) is 12.6. The van der Waals surface area contributed by atoms with Crippen LogP contribution in [0.25, 0.3) is 0 Å². The first kappa shape index (κ1) is 31.4. The molecule has 5 rings (SSSR count). The van der Waals surface area contributed by atoms with Gasteiger partial charge in [0.15, 0.2) is 6.61 Å². The van der Waals surface area contributed by atoms with Crippen LogP contribution in [-0.2, 0) is 32.1 Å². The molecule has 3 heterocycles. The van der Waals surface area contributed by atoms with E-state index in [0.717, 1.165) is 16.9 Å². The van der Waals surface area contributed by atoms with Crippen molar-refractivity contribution in [1.82, 2.24) is 20.4 Å². The first-order valence-corrected chi connectivity index (χ1v) is 15.0. The first-order valence-electron chi connectivity index (χ1n) is 15.0. The number of piperidine rings is 1. The van der Waals surface area contributed by atoms with Gasteiger partial charge in [-0.25, -0.2) is 0 Å². The molecule has 6 amide bonds. The zero-order chi connectivity index (χ0) is 32.3. The number of rotatable bonds is 7. The summed E-state index contributed by atoms with van der Waals surface area (Å²) in [5.74, 6) is 4.03. The lowest BCUT2D eigenvalue weighted by Crippen LogP contribution is -2.54. The van der Waals surface area contributed by atoms with E-state index in [9.17, 15) is 28.8 Å². The van der Waals surface area contributed by atoms with E-state index in [2.05, 4.69) is 43.2 Å². The molecule has 11 nitrogen and oxygen atoms in total. The standard InChI is InChI=1S/C34H36N4O7/c1-34(2,3)18-30(41)37-15-13-22-8-9-24(17-23(22)19-37)45-20-29(40)35-14-5-4-6-21-7-10-25-26(16-21)33(44)38(32(25)43)27-11-12-28(39)36-31(27)42/h7-10,16-17,27H,5,11-15,18-20H2,1-3H3,(H,35,40)(H,36,39,42). The summed E-state index contributed by atoms with van der Waals surface area (Å²) < 4.78 is 5.71. The zero-order valence-corrected chi connectivity index (χ0v) is 25.7. The van der Waals surface area contributed by atoms with Crippen LogP contribution in [0.3, 0.4) is 0 Å². The minimum absolute atomic E-state index is 0.0529. The summed E-state index contributed by atoms with van der Waals surface area (Å²) in [7, 11) is 0. The minimum Gasteiger partial charge on any atom is -0.484 e. The summed E-state index contributed by atoms with van der Waals surface area (Å²) in [6.07, 6.45) is 1.76. The van der Waals surface area contributed by atoms with Crippen LogP contribution in [0, 0.1) is 17.3 Å². The van der Waals surface area contributed by atoms with Crippen LogP contribution >= 0.6 is 0 Å². The van der Waals surface area contributed by atoms with Crippen molar-refractivity contribution >= 4 is 35.4 Å². The number of hydrogen-bond donors (Lipinski definition) is 2. The minimum atomic E-state index is -1.02. The second-order valence-electron chi connectivity index (χ2n) is 12.6. The number of ether oxygens (including phenoxy) is 1. The van der Waals surface area contributed by atoms with Crippen molar-refractivity contribution in [3.63, 3.8) is 0 Å². The maximum atomic E-state index is 13.0. The van der Waals surface area contributed by atoms with Crippen molar-refractivity contribution in [3.8, 4) is 17.6 Å². The molecular formula is C34H36N4O7. The van der Waals surface area contributed by atoms with Crippen LogP contribution in [0.1, 0.15) is 83.9 Å². The zero-order valence-electron chi connectivity index (χ0n) is 25.7. The highest BCUT2D eigenvalue weighted by Gasteiger charge is 2.44. The Hall–Kier alpha value is -4.98. The number of carbonyl (C=O) groups excluding carboxylic acids is 6. The Labute approximate surface area is 261 Å². The molecule has 0 spiro atoms. The average Bonchev–Trinajstić information content (AvgIpc) is 3.23. The Morgan fingerprint density at radius 3 is 2.53 bits per heavy atom. The summed E-state index contributed by atoms with van der Waals surface area (Å²) in [4.78, 5) is 77.3. The summed E-state index contributed by atoms with van der Waals surface area (Å²) >= 11 is 0. The Morgan fingerprint density at radius 1 is 1.00 bits per heavy atom. The van der Waals surface area contributed by atoms with E-state index in [1.165, 1.54) is 17.7 Å². The fraction of sp³-hybridized carbons (Fsp3) is 0.412. The number of amides is 6. The molecule has 0 aliphatic carbocycles. The van der Waals surface area contributed by atoms with Gasteiger partial charge in [0.1, 0.15) is 11.8 Å². The molecule has 0 saturated carbocycles. The summed E-state index contributed by atoms with van der Waals surface area (Å²) in [5, 5.41) is 4.94. The third-order valence-corrected chi connectivity index (χ3v) is 7.84. The molecule has 11 heteroatoms. The van der Waals surface area contributed by atoms with Crippen molar-refractivity contribution in [3.05, 3.63) is 64.2 Å². The van der Waals surface area contributed by atoms with Crippen LogP contribution in [0.5, 0.6) is 5.75 Å². The highest BCUT2D eigenvalue weighted by atomic mass is 16.5. The van der Waals surface area contributed by atoms with Crippen molar-refractivity contribution in [2.45, 2.75) is 65.5 Å². The number of nitrogens with zero attached hydrogens (tertiary/aromatic N) is 2. The summed E-state index contributed by atoms with van der Waals surface area (Å²) in [5.41, 5.74) is 2.99. The number of imide groups is 2. The number of carbonyl (C=O) groups is 6. The normalized spacial score (nSPS) is 17.6. The third-order valence-electron chi connectivity index (χ3n) is 7.84. The van der Waals surface area contributed by atoms with Crippen LogP contribution in [0.15, 0.2) is 36.4 Å². The lowest BCUT2D eigenvalue weighted by Gasteiger charge is -2.31. The van der Waals surface area contributed by atoms with E-state index in [4.69, 9.17) is 4.74 Å². The molecule has 234 valence electrons. The quantitative estimate of drug-likeness (QED) is 0.278. The maximum Gasteiger partial charge on any atom is 0.262 e. The van der Waals surface area contributed by atoms with Gasteiger partial charge in [0, 0.05) is 44.5 Å². The van der Waals surface area contributed by atoms with Gasteiger partial charge in [-0.2, -0.15) is 0 Å². The molecule has 1 fully saturated rings. The summed E-state index contributed by atoms with van der Waals surface area (Å²) in [6.45, 7) is 7.50. The SMILES string of the molecule is CC(C)(C)CC(=O)N1CCc2ccc(OCC(=O)NCCC#Cc3ccc4c(c3)C(=O)N(C3CCC(=O)NC3=O)C4=O)cc2C1. The lowest BCUT2D eigenvalue weighted by molar-refractivity contribution is -0.136. The third kappa shape index (κ3) is 7.40. The Morgan fingerprint density at radius 2 is 1.78 bits per heavy atom. The monoisotopic (exact) mass is 612 g/mol. The highest BCUT2D eigenvalue weighted by Crippen LogP contribution is 2.29. The van der Waals surface area contributed by atoms with Gasteiger partial charge in [-0.1, -0.05) is 38.7 Å². The van der Waals surface area contributed by atoms with Gasteiger partial charge in [0.2, 0.25) is 17.7 Å². The summed E-state index contributed by atoms with van der Waals surface area (Å²) in [6, 6.07) is 9.33. The Balaban J connectivity index is 1.08. The van der Waals surface area contributed by atoms with Gasteiger partial charge in [0.25, 0.3) is 17.7 Å². The molecule has 0 bridgehead atoms. The van der Waals surface area contributed by atoms with Crippen LogP contribution in [0.4, 0.5) is 0 Å². The first-order chi connectivity index (χ1) is 21.4. The molecule has 2 aromatic rings. The van der Waals surface area contributed by atoms with E-state index >= 15 is 0 Å². The molecule has 1 atom stereocenters. The van der Waals surface area contributed by atoms with Gasteiger partial charge in [-0.15, -0.1) is 0 Å². The molecule has 2 N–H and O–H groups in total.